The molecule has 1 aromatic carbocycles. The van der Waals surface area contributed by atoms with Crippen molar-refractivity contribution < 1.29 is 9.18 Å². The average Bonchev–Trinajstić information content (AvgIpc) is 3.50. The SMILES string of the molecule is Cc1cc(NC(=O)c2cnn3c(-c4cccs4)ccnc23)nn1Cc1ccc(F)cc1Cl. The number of amides is 1. The molecule has 32 heavy (non-hydrogen) atoms. The van der Waals surface area contributed by atoms with Crippen LogP contribution in [0.1, 0.15) is 21.6 Å². The summed E-state index contributed by atoms with van der Waals surface area (Å²) >= 11 is 7.72. The highest BCUT2D eigenvalue weighted by molar-refractivity contribution is 7.13. The number of thiophene rings is 1. The van der Waals surface area contributed by atoms with Crippen molar-refractivity contribution in [2.45, 2.75) is 13.5 Å². The Morgan fingerprint density at radius 3 is 2.91 bits per heavy atom. The molecule has 0 aliphatic rings. The second-order valence-electron chi connectivity index (χ2n) is 7.12. The van der Waals surface area contributed by atoms with E-state index in [1.54, 1.807) is 38.9 Å². The van der Waals surface area contributed by atoms with E-state index in [4.69, 9.17) is 11.6 Å². The van der Waals surface area contributed by atoms with Crippen LogP contribution < -0.4 is 5.32 Å². The Morgan fingerprint density at radius 1 is 1.25 bits per heavy atom. The van der Waals surface area contributed by atoms with E-state index in [1.165, 1.54) is 18.3 Å². The second-order valence-corrected chi connectivity index (χ2v) is 8.47. The van der Waals surface area contributed by atoms with Gasteiger partial charge in [0.2, 0.25) is 0 Å². The van der Waals surface area contributed by atoms with Crippen molar-refractivity contribution in [3.63, 3.8) is 0 Å². The van der Waals surface area contributed by atoms with Crippen LogP contribution in [0.3, 0.4) is 0 Å². The van der Waals surface area contributed by atoms with Gasteiger partial charge < -0.3 is 5.32 Å². The molecule has 0 spiro atoms. The number of aryl methyl sites for hydroxylation is 1. The lowest BCUT2D eigenvalue weighted by Gasteiger charge is -2.07. The number of hydrogen-bond acceptors (Lipinski definition) is 5. The smallest absolute Gasteiger partial charge is 0.262 e. The highest BCUT2D eigenvalue weighted by Gasteiger charge is 2.18. The third-order valence-electron chi connectivity index (χ3n) is 4.98. The predicted molar refractivity (Wildman–Crippen MR) is 122 cm³/mol. The summed E-state index contributed by atoms with van der Waals surface area (Å²) in [5, 5.41) is 13.9. The number of benzene rings is 1. The molecule has 5 aromatic rings. The number of nitrogens with zero attached hydrogens (tertiary/aromatic N) is 5. The molecule has 5 rings (SSSR count). The molecule has 10 heteroatoms. The number of carbonyl (C=O) groups is 1. The van der Waals surface area contributed by atoms with Crippen molar-refractivity contribution in [1.29, 1.82) is 0 Å². The fourth-order valence-corrected chi connectivity index (χ4v) is 4.35. The van der Waals surface area contributed by atoms with Gasteiger partial charge in [0.05, 0.1) is 23.3 Å². The maximum Gasteiger partial charge on any atom is 0.262 e. The third kappa shape index (κ3) is 3.76. The summed E-state index contributed by atoms with van der Waals surface area (Å²) in [6.45, 7) is 2.22. The molecule has 7 nitrogen and oxygen atoms in total. The van der Waals surface area contributed by atoms with E-state index >= 15 is 0 Å². The number of rotatable bonds is 5. The first-order valence-corrected chi connectivity index (χ1v) is 10.9. The molecule has 160 valence electrons. The highest BCUT2D eigenvalue weighted by atomic mass is 35.5. The Morgan fingerprint density at radius 2 is 2.12 bits per heavy atom. The molecule has 0 fully saturated rings. The van der Waals surface area contributed by atoms with Crippen LogP contribution in [0.5, 0.6) is 0 Å². The minimum absolute atomic E-state index is 0.324. The van der Waals surface area contributed by atoms with E-state index in [0.717, 1.165) is 21.8 Å². The van der Waals surface area contributed by atoms with E-state index in [1.807, 2.05) is 30.5 Å². The van der Waals surface area contributed by atoms with Crippen LogP contribution in [0.2, 0.25) is 5.02 Å². The zero-order chi connectivity index (χ0) is 22.2. The van der Waals surface area contributed by atoms with Gasteiger partial charge in [0.15, 0.2) is 11.5 Å². The molecule has 0 saturated carbocycles. The van der Waals surface area contributed by atoms with Crippen LogP contribution in [0.4, 0.5) is 10.2 Å². The normalized spacial score (nSPS) is 11.2. The molecule has 0 saturated heterocycles. The van der Waals surface area contributed by atoms with E-state index < -0.39 is 5.82 Å². The topological polar surface area (TPSA) is 77.1 Å². The van der Waals surface area contributed by atoms with Crippen molar-refractivity contribution >= 4 is 40.3 Å². The number of carbonyl (C=O) groups excluding carboxylic acids is 1. The second kappa shape index (κ2) is 8.18. The number of fused-ring (bicyclic) bond motifs is 1. The first-order valence-electron chi connectivity index (χ1n) is 9.66. The van der Waals surface area contributed by atoms with Gasteiger partial charge >= 0.3 is 0 Å². The number of nitrogens with one attached hydrogen (secondary N) is 1. The Labute approximate surface area is 191 Å². The van der Waals surface area contributed by atoms with Crippen LogP contribution in [0, 0.1) is 12.7 Å². The Balaban J connectivity index is 1.39. The maximum atomic E-state index is 13.3. The summed E-state index contributed by atoms with van der Waals surface area (Å²) in [6.07, 6.45) is 3.16. The minimum Gasteiger partial charge on any atom is -0.305 e. The molecule has 4 aromatic heterocycles. The van der Waals surface area contributed by atoms with Crippen molar-refractivity contribution in [3.05, 3.63) is 87.9 Å². The third-order valence-corrected chi connectivity index (χ3v) is 6.22. The molecule has 4 heterocycles. The van der Waals surface area contributed by atoms with E-state index in [2.05, 4.69) is 20.5 Å². The summed E-state index contributed by atoms with van der Waals surface area (Å²) in [7, 11) is 0. The van der Waals surface area contributed by atoms with Crippen molar-refractivity contribution in [2.75, 3.05) is 5.32 Å². The molecule has 0 aliphatic heterocycles. The summed E-state index contributed by atoms with van der Waals surface area (Å²) in [5.74, 6) is -0.368. The van der Waals surface area contributed by atoms with Crippen LogP contribution in [0.15, 0.2) is 60.2 Å². The monoisotopic (exact) mass is 466 g/mol. The van der Waals surface area contributed by atoms with E-state index in [0.29, 0.717) is 28.6 Å². The van der Waals surface area contributed by atoms with Gasteiger partial charge in [-0.05, 0) is 42.1 Å². The lowest BCUT2D eigenvalue weighted by molar-refractivity contribution is 0.102. The molecular formula is C22H16ClFN6OS. The lowest BCUT2D eigenvalue weighted by atomic mass is 10.2. The van der Waals surface area contributed by atoms with Gasteiger partial charge in [0.25, 0.3) is 5.91 Å². The molecule has 0 bridgehead atoms. The summed E-state index contributed by atoms with van der Waals surface area (Å²) in [4.78, 5) is 18.3. The van der Waals surface area contributed by atoms with Gasteiger partial charge in [-0.25, -0.2) is 13.9 Å². The molecule has 0 atom stereocenters. The minimum atomic E-state index is -0.395. The molecule has 0 radical (unpaired) electrons. The van der Waals surface area contributed by atoms with Crippen molar-refractivity contribution in [1.82, 2.24) is 24.4 Å². The fraction of sp³-hybridized carbons (Fsp3) is 0.0909. The van der Waals surface area contributed by atoms with Gasteiger partial charge in [0.1, 0.15) is 11.4 Å². The average molecular weight is 467 g/mol. The van der Waals surface area contributed by atoms with E-state index in [-0.39, 0.29) is 5.91 Å². The maximum absolute atomic E-state index is 13.3. The number of aromatic nitrogens is 5. The van der Waals surface area contributed by atoms with Gasteiger partial charge in [-0.2, -0.15) is 10.2 Å². The van der Waals surface area contributed by atoms with Crippen LogP contribution in [-0.4, -0.2) is 30.3 Å². The lowest BCUT2D eigenvalue weighted by Crippen LogP contribution is -2.13. The van der Waals surface area contributed by atoms with Crippen LogP contribution in [-0.2, 0) is 6.54 Å². The zero-order valence-electron chi connectivity index (χ0n) is 16.8. The fourth-order valence-electron chi connectivity index (χ4n) is 3.39. The Kier molecular flexibility index (Phi) is 5.20. The molecule has 0 aliphatic carbocycles. The van der Waals surface area contributed by atoms with Gasteiger partial charge in [-0.3, -0.25) is 9.48 Å². The van der Waals surface area contributed by atoms with Crippen molar-refractivity contribution in [2.24, 2.45) is 0 Å². The summed E-state index contributed by atoms with van der Waals surface area (Å²) < 4.78 is 16.6. The highest BCUT2D eigenvalue weighted by Crippen LogP contribution is 2.25. The van der Waals surface area contributed by atoms with E-state index in [9.17, 15) is 9.18 Å². The van der Waals surface area contributed by atoms with Crippen LogP contribution in [0.25, 0.3) is 16.2 Å². The molecule has 0 unspecified atom stereocenters. The first-order chi connectivity index (χ1) is 15.5. The molecule has 1 amide bonds. The van der Waals surface area contributed by atoms with Crippen molar-refractivity contribution in [3.8, 4) is 10.6 Å². The van der Waals surface area contributed by atoms with Gasteiger partial charge in [-0.15, -0.1) is 11.3 Å². The Hall–Kier alpha value is -3.56. The standard InChI is InChI=1S/C22H16ClFN6OS/c1-13-9-20(28-29(13)12-14-4-5-15(24)10-17(14)23)27-22(31)16-11-26-30-18(6-7-25-21(16)30)19-3-2-8-32-19/h2-11H,12H2,1H3,(H,27,28,31). The van der Waals surface area contributed by atoms with Gasteiger partial charge in [0, 0.05) is 23.0 Å². The quantitative estimate of drug-likeness (QED) is 0.393. The van der Waals surface area contributed by atoms with Crippen LogP contribution >= 0.6 is 22.9 Å². The summed E-state index contributed by atoms with van der Waals surface area (Å²) in [5.41, 5.74) is 3.21. The first kappa shape index (κ1) is 20.3. The number of anilines is 1. The zero-order valence-corrected chi connectivity index (χ0v) is 18.4. The summed E-state index contributed by atoms with van der Waals surface area (Å²) in [6, 6.07) is 11.8. The predicted octanol–water partition coefficient (Wildman–Crippen LogP) is 5.06. The Bertz CT molecular complexity index is 1440. The largest absolute Gasteiger partial charge is 0.305 e. The number of halogens is 2. The molecular weight excluding hydrogens is 451 g/mol. The molecule has 1 N–H and O–H groups in total. The van der Waals surface area contributed by atoms with Gasteiger partial charge in [-0.1, -0.05) is 23.7 Å². The number of hydrogen-bond donors (Lipinski definition) is 1.